The molecule has 2 aromatic carbocycles. The van der Waals surface area contributed by atoms with Crippen molar-refractivity contribution in [3.63, 3.8) is 0 Å². The number of nitrogens with zero attached hydrogens (tertiary/aromatic N) is 1. The molecule has 0 aliphatic carbocycles. The van der Waals surface area contributed by atoms with Crippen molar-refractivity contribution in [3.05, 3.63) is 65.7 Å². The Morgan fingerprint density at radius 3 is 2.44 bits per heavy atom. The van der Waals surface area contributed by atoms with Gasteiger partial charge in [-0.1, -0.05) is 42.5 Å². The van der Waals surface area contributed by atoms with E-state index in [0.717, 1.165) is 18.4 Å². The van der Waals surface area contributed by atoms with Crippen LogP contribution in [0.1, 0.15) is 62.2 Å². The maximum absolute atomic E-state index is 13.8. The second-order valence-corrected chi connectivity index (χ2v) is 10.7. The third-order valence-corrected chi connectivity index (χ3v) is 7.62. The Balaban J connectivity index is 1.28. The van der Waals surface area contributed by atoms with Crippen molar-refractivity contribution in [2.75, 3.05) is 32.8 Å². The number of benzene rings is 2. The Labute approximate surface area is 230 Å². The number of unbranched alkanes of at least 4 members (excludes halogenated alkanes) is 1. The van der Waals surface area contributed by atoms with E-state index in [9.17, 15) is 19.1 Å². The molecule has 7 nitrogen and oxygen atoms in total. The van der Waals surface area contributed by atoms with Crippen molar-refractivity contribution in [3.8, 4) is 5.75 Å². The van der Waals surface area contributed by atoms with Gasteiger partial charge in [-0.2, -0.15) is 0 Å². The highest BCUT2D eigenvalue weighted by Gasteiger charge is 2.29. The molecule has 2 heterocycles. The first kappa shape index (κ1) is 29.2. The topological polar surface area (TPSA) is 88.1 Å². The normalized spacial score (nSPS) is 19.9. The van der Waals surface area contributed by atoms with E-state index in [1.807, 2.05) is 47.4 Å². The van der Waals surface area contributed by atoms with Crippen LogP contribution in [0.15, 0.2) is 54.6 Å². The summed E-state index contributed by atoms with van der Waals surface area (Å²) in [6, 6.07) is 16.5. The Hall–Kier alpha value is -2.81. The molecular weight excluding hydrogens is 499 g/mol. The van der Waals surface area contributed by atoms with E-state index < -0.39 is 18.3 Å². The van der Waals surface area contributed by atoms with E-state index >= 15 is 0 Å². The lowest BCUT2D eigenvalue weighted by Gasteiger charge is -2.29. The predicted molar refractivity (Wildman–Crippen MR) is 147 cm³/mol. The number of nitrogens with one attached hydrogen (secondary N) is 1. The van der Waals surface area contributed by atoms with Crippen LogP contribution in [0.4, 0.5) is 4.39 Å². The second kappa shape index (κ2) is 15.1. The van der Waals surface area contributed by atoms with Crippen molar-refractivity contribution in [2.24, 2.45) is 5.92 Å². The minimum Gasteiger partial charge on any atom is -0.489 e. The highest BCUT2D eigenvalue weighted by Crippen LogP contribution is 2.24. The molecule has 2 N–H and O–H groups in total. The van der Waals surface area contributed by atoms with Crippen LogP contribution in [-0.2, 0) is 20.9 Å². The first-order chi connectivity index (χ1) is 19.0. The van der Waals surface area contributed by atoms with Crippen molar-refractivity contribution < 1.29 is 28.6 Å². The van der Waals surface area contributed by atoms with E-state index in [2.05, 4.69) is 5.32 Å². The average molecular weight is 541 g/mol. The van der Waals surface area contributed by atoms with Crippen LogP contribution in [0.5, 0.6) is 5.75 Å². The summed E-state index contributed by atoms with van der Waals surface area (Å²) in [6.07, 6.45) is 2.23. The Bertz CT molecular complexity index is 1030. The predicted octanol–water partition coefficient (Wildman–Crippen LogP) is 4.38. The number of carbonyl (C=O) groups is 2. The second-order valence-electron chi connectivity index (χ2n) is 10.7. The number of rotatable bonds is 14. The fraction of sp³-hybridized carbons (Fsp3) is 0.548. The first-order valence-electron chi connectivity index (χ1n) is 14.2. The number of amides is 1. The molecule has 0 bridgehead atoms. The van der Waals surface area contributed by atoms with Gasteiger partial charge >= 0.3 is 0 Å². The van der Waals surface area contributed by atoms with Crippen LogP contribution in [0.3, 0.4) is 0 Å². The summed E-state index contributed by atoms with van der Waals surface area (Å²) >= 11 is 0. The highest BCUT2D eigenvalue weighted by molar-refractivity contribution is 5.81. The van der Waals surface area contributed by atoms with Crippen molar-refractivity contribution in [1.29, 1.82) is 0 Å². The van der Waals surface area contributed by atoms with Gasteiger partial charge in [-0.05, 0) is 55.4 Å². The lowest BCUT2D eigenvalue weighted by molar-refractivity contribution is -0.126. The summed E-state index contributed by atoms with van der Waals surface area (Å²) in [5, 5.41) is 14.2. The number of ether oxygens (including phenoxy) is 2. The quantitative estimate of drug-likeness (QED) is 0.346. The van der Waals surface area contributed by atoms with Gasteiger partial charge in [0, 0.05) is 51.6 Å². The molecule has 2 aliphatic heterocycles. The number of aliphatic hydroxyl groups excluding tert-OH is 1. The van der Waals surface area contributed by atoms with Gasteiger partial charge in [-0.3, -0.25) is 14.5 Å². The zero-order valence-corrected chi connectivity index (χ0v) is 22.6. The SMILES string of the molecule is O=C(CCCCC(=O)C1CCOCC1)N[C@H](CN1CC[C@@H](F)C1)[C@H](O)c1ccc(OCc2ccccc2)cc1. The molecule has 2 fully saturated rings. The summed E-state index contributed by atoms with van der Waals surface area (Å²) < 4.78 is 25.0. The lowest BCUT2D eigenvalue weighted by Crippen LogP contribution is -2.46. The molecule has 2 saturated heterocycles. The van der Waals surface area contributed by atoms with E-state index in [0.29, 0.717) is 76.5 Å². The number of Topliss-reactive ketones (excluding diaryl/α,β-unsaturated/α-hetero) is 1. The van der Waals surface area contributed by atoms with Crippen LogP contribution in [0.2, 0.25) is 0 Å². The standard InChI is InChI=1S/C31H41FN2O5/c32-26-14-17-34(20-26)21-28(33-30(36)9-5-4-8-29(35)24-15-18-38-19-16-24)31(37)25-10-12-27(13-11-25)39-22-23-6-2-1-3-7-23/h1-3,6-7,10-13,24,26,28,31,37H,4-5,8-9,14-22H2,(H,33,36)/t26-,28-,31-/m1/s1. The molecule has 0 spiro atoms. The van der Waals surface area contributed by atoms with Crippen molar-refractivity contribution >= 4 is 11.7 Å². The fourth-order valence-electron chi connectivity index (χ4n) is 5.28. The van der Waals surface area contributed by atoms with Crippen LogP contribution >= 0.6 is 0 Å². The lowest BCUT2D eigenvalue weighted by atomic mass is 9.92. The summed E-state index contributed by atoms with van der Waals surface area (Å²) in [7, 11) is 0. The molecule has 0 saturated carbocycles. The van der Waals surface area contributed by atoms with Crippen LogP contribution in [0.25, 0.3) is 0 Å². The van der Waals surface area contributed by atoms with E-state index in [1.54, 1.807) is 12.1 Å². The molecule has 0 aromatic heterocycles. The van der Waals surface area contributed by atoms with E-state index in [1.165, 1.54) is 0 Å². The zero-order chi connectivity index (χ0) is 27.5. The first-order valence-corrected chi connectivity index (χ1v) is 14.2. The van der Waals surface area contributed by atoms with Gasteiger partial charge in [-0.15, -0.1) is 0 Å². The van der Waals surface area contributed by atoms with Crippen LogP contribution in [0, 0.1) is 5.92 Å². The Morgan fingerprint density at radius 2 is 1.74 bits per heavy atom. The van der Waals surface area contributed by atoms with Gasteiger partial charge < -0.3 is 19.9 Å². The number of halogens is 1. The average Bonchev–Trinajstić information content (AvgIpc) is 3.39. The van der Waals surface area contributed by atoms with Gasteiger partial charge in [0.05, 0.1) is 6.04 Å². The maximum Gasteiger partial charge on any atom is 0.220 e. The number of hydrogen-bond donors (Lipinski definition) is 2. The van der Waals surface area contributed by atoms with Gasteiger partial charge in [0.25, 0.3) is 0 Å². The molecule has 0 unspecified atom stereocenters. The minimum atomic E-state index is -0.953. The third kappa shape index (κ3) is 9.41. The van der Waals surface area contributed by atoms with Crippen molar-refractivity contribution in [2.45, 2.75) is 69.9 Å². The van der Waals surface area contributed by atoms with Crippen LogP contribution < -0.4 is 10.1 Å². The zero-order valence-electron chi connectivity index (χ0n) is 22.6. The summed E-state index contributed by atoms with van der Waals surface area (Å²) in [6.45, 7) is 3.00. The number of carbonyl (C=O) groups excluding carboxylic acids is 2. The monoisotopic (exact) mass is 540 g/mol. The van der Waals surface area contributed by atoms with Crippen molar-refractivity contribution in [1.82, 2.24) is 10.2 Å². The molecule has 8 heteroatoms. The molecule has 2 aromatic rings. The van der Waals surface area contributed by atoms with Gasteiger partial charge in [0.1, 0.15) is 30.4 Å². The largest absolute Gasteiger partial charge is 0.489 e. The molecule has 2 aliphatic rings. The third-order valence-electron chi connectivity index (χ3n) is 7.62. The van der Waals surface area contributed by atoms with Crippen LogP contribution in [-0.4, -0.2) is 66.8 Å². The van der Waals surface area contributed by atoms with E-state index in [-0.39, 0.29) is 24.0 Å². The Kier molecular flexibility index (Phi) is 11.3. The number of hydrogen-bond acceptors (Lipinski definition) is 6. The molecule has 0 radical (unpaired) electrons. The molecule has 39 heavy (non-hydrogen) atoms. The summed E-state index contributed by atoms with van der Waals surface area (Å²) in [5.41, 5.74) is 1.72. The van der Waals surface area contributed by atoms with Gasteiger partial charge in [0.15, 0.2) is 0 Å². The number of alkyl halides is 1. The molecular formula is C31H41FN2O5. The minimum absolute atomic E-state index is 0.0852. The fourth-order valence-corrected chi connectivity index (χ4v) is 5.28. The highest BCUT2D eigenvalue weighted by atomic mass is 19.1. The molecule has 1 amide bonds. The molecule has 4 rings (SSSR count). The number of aliphatic hydroxyl groups is 1. The molecule has 212 valence electrons. The number of ketones is 1. The smallest absolute Gasteiger partial charge is 0.220 e. The van der Waals surface area contributed by atoms with Gasteiger partial charge in [-0.25, -0.2) is 4.39 Å². The molecule has 3 atom stereocenters. The summed E-state index contributed by atoms with van der Waals surface area (Å²) in [5.74, 6) is 0.863. The van der Waals surface area contributed by atoms with E-state index in [4.69, 9.17) is 9.47 Å². The maximum atomic E-state index is 13.8. The number of likely N-dealkylation sites (tertiary alicyclic amines) is 1. The summed E-state index contributed by atoms with van der Waals surface area (Å²) in [4.78, 5) is 27.1. The van der Waals surface area contributed by atoms with Gasteiger partial charge in [0.2, 0.25) is 5.91 Å². The Morgan fingerprint density at radius 1 is 1.03 bits per heavy atom.